The number of ketones is 2. The van der Waals surface area contributed by atoms with E-state index < -0.39 is 47.3 Å². The largest absolute Gasteiger partial charge is 0.480 e. The van der Waals surface area contributed by atoms with Crippen LogP contribution in [0.2, 0.25) is 0 Å². The van der Waals surface area contributed by atoms with E-state index in [1.807, 2.05) is 51.4 Å². The second-order valence-corrected chi connectivity index (χ2v) is 36.2. The molecule has 0 aliphatic carbocycles. The molecule has 7 aromatic carbocycles. The average molecular weight is 2100 g/mol. The first-order valence-electron chi connectivity index (χ1n) is 42.0. The standard InChI is InChI=1S/C22H20FN3O2.C19H25BrN2O5.C14H16BrN3O2.C13H14BrN3O2.C10H17NO5.C9H10BrNO.C8H5F.ClH/c1-25-10-11-28-14-20(25)21-24-19-13-16(8-9-18(19)22(27)26(21)2)7-6-15-4-3-5-17(23)12-15;1-5-16(23)13-7-6-12(20)10-14(13)21-17(24)15-11-26-9-8-22(15)18(25)27-19(2,3)4;1-17-5-6-20-8-12(17)13-16-11-7-9(15)3-4-10(11)14(19)18(13)2;1-17-12(11-7-19-5-4-15-11)16-10-6-8(14)2-3-9(10)13(17)18;1-10(2,3)16-9(14)11-4-5-15-6-7(11)8(12)13;1-2-9(12)7-4-3-6(10)5-8(7)11;1-2-7-4-3-5-8(9)6-7;/h3-5,8-9,12-13,20H,10-11,14H2,1-2H3;6-7,10,15H,5,8-9,11H2,1-4H3,(H,21,24);3-4,7,12H,5-6,8H2,1-2H3;2-3,6,11,15H,4-5,7H2,1H3;7H,4-6H2,1-3H3,(H,12,13);3-5H,2,11H2,1H3;1,3-6H;1H. The molecule has 5 atom stereocenters. The highest BCUT2D eigenvalue weighted by Crippen LogP contribution is 2.29. The summed E-state index contributed by atoms with van der Waals surface area (Å²) in [5.41, 5.74) is 10.1. The van der Waals surface area contributed by atoms with Gasteiger partial charge in [0.25, 0.3) is 16.7 Å². The summed E-state index contributed by atoms with van der Waals surface area (Å²) in [7, 11) is 9.30. The van der Waals surface area contributed by atoms with Gasteiger partial charge in [0.15, 0.2) is 17.6 Å². The van der Waals surface area contributed by atoms with Crippen molar-refractivity contribution in [1.82, 2.24) is 53.6 Å². The number of anilines is 2. The Hall–Kier alpha value is -10.6. The van der Waals surface area contributed by atoms with Gasteiger partial charge >= 0.3 is 18.2 Å². The van der Waals surface area contributed by atoms with Crippen LogP contribution in [0.3, 0.4) is 0 Å². The number of carboxylic acid groups (broad SMARTS) is 1. The number of carbonyl (C=O) groups excluding carboxylic acids is 5. The van der Waals surface area contributed by atoms with Crippen LogP contribution in [0.1, 0.15) is 141 Å². The molecule has 0 saturated carbocycles. The monoisotopic (exact) mass is 2090 g/mol. The lowest BCUT2D eigenvalue weighted by molar-refractivity contribution is -0.149. The number of amides is 3. The topological polar surface area (TPSA) is 355 Å². The number of benzene rings is 7. The van der Waals surface area contributed by atoms with Crippen LogP contribution in [-0.2, 0) is 63.9 Å². The van der Waals surface area contributed by atoms with Gasteiger partial charge in [-0.15, -0.1) is 18.8 Å². The van der Waals surface area contributed by atoms with Crippen molar-refractivity contribution in [2.75, 3.05) is 124 Å². The van der Waals surface area contributed by atoms with Crippen LogP contribution < -0.4 is 33.0 Å². The summed E-state index contributed by atoms with van der Waals surface area (Å²) in [5.74, 6) is 8.33. The molecule has 3 amide bonds. The van der Waals surface area contributed by atoms with E-state index in [1.54, 1.807) is 168 Å². The maximum atomic E-state index is 13.3. The number of aromatic nitrogens is 6. The van der Waals surface area contributed by atoms with E-state index >= 15 is 0 Å². The quantitative estimate of drug-likeness (QED) is 0.0561. The van der Waals surface area contributed by atoms with Gasteiger partial charge in [0.2, 0.25) is 5.91 Å². The Morgan fingerprint density at radius 1 is 0.515 bits per heavy atom. The van der Waals surface area contributed by atoms with Crippen molar-refractivity contribution in [3.05, 3.63) is 245 Å². The number of carboxylic acids is 1. The summed E-state index contributed by atoms with van der Waals surface area (Å²) in [4.78, 5) is 130. The first-order valence-corrected chi connectivity index (χ1v) is 45.1. The van der Waals surface area contributed by atoms with Crippen molar-refractivity contribution in [2.24, 2.45) is 21.1 Å². The lowest BCUT2D eigenvalue weighted by atomic mass is 10.1. The zero-order chi connectivity index (χ0) is 95.7. The number of hydrogen-bond donors (Lipinski definition) is 4. The van der Waals surface area contributed by atoms with Gasteiger partial charge in [0, 0.05) is 118 Å². The number of terminal acetylenes is 1. The van der Waals surface area contributed by atoms with Gasteiger partial charge in [-0.3, -0.25) is 62.1 Å². The number of hydrogen-bond acceptors (Lipinski definition) is 23. The van der Waals surface area contributed by atoms with E-state index in [0.717, 1.165) is 66.9 Å². The first-order chi connectivity index (χ1) is 62.2. The van der Waals surface area contributed by atoms with Crippen LogP contribution in [-0.4, -0.2) is 225 Å². The molecule has 704 valence electrons. The number of morpholine rings is 5. The molecule has 5 unspecified atom stereocenters. The number of nitrogen functional groups attached to an aromatic ring is 1. The SMILES string of the molecule is C#Cc1cccc(F)c1.CC(C)(C)OC(=O)N1CCOCC1C(=O)O.CCC(=O)c1ccc(Br)cc1N.CCC(=O)c1ccc(Br)cc1NC(=O)C1COCCN1C(=O)OC(C)(C)C.CN1CCOCC1c1nc2cc(Br)ccc2c(=O)n1C.CN1CCOCC1c1nc2cc(C#Cc3cccc(F)c3)ccc2c(=O)n1C.Cl.Cn1c(C2COCCN2)nc2cc(Br)ccc2c1=O. The smallest absolute Gasteiger partial charge is 0.411 e. The molecule has 10 aromatic rings. The van der Waals surface area contributed by atoms with Crippen LogP contribution in [0.5, 0.6) is 0 Å². The Morgan fingerprint density at radius 3 is 1.37 bits per heavy atom. The van der Waals surface area contributed by atoms with E-state index in [1.165, 1.54) is 34.1 Å². The Morgan fingerprint density at radius 2 is 0.917 bits per heavy atom. The van der Waals surface area contributed by atoms with Gasteiger partial charge in [0.05, 0.1) is 123 Å². The molecular weight excluding hydrogens is 1990 g/mol. The van der Waals surface area contributed by atoms with Crippen LogP contribution in [0.4, 0.5) is 29.7 Å². The third-order valence-electron chi connectivity index (χ3n) is 20.6. The highest BCUT2D eigenvalue weighted by atomic mass is 79.9. The van der Waals surface area contributed by atoms with Crippen molar-refractivity contribution >= 4 is 156 Å². The van der Waals surface area contributed by atoms with Crippen molar-refractivity contribution in [3.8, 4) is 24.2 Å². The predicted octanol–water partition coefficient (Wildman–Crippen LogP) is 14.7. The zero-order valence-corrected chi connectivity index (χ0v) is 82.6. The van der Waals surface area contributed by atoms with E-state index in [0.29, 0.717) is 126 Å². The fourth-order valence-electron chi connectivity index (χ4n) is 13.7. The first kappa shape index (κ1) is 107. The van der Waals surface area contributed by atoms with Crippen LogP contribution in [0.15, 0.2) is 172 Å². The van der Waals surface area contributed by atoms with Crippen molar-refractivity contribution < 1.29 is 75.8 Å². The number of nitrogens with zero attached hydrogens (tertiary/aromatic N) is 10. The van der Waals surface area contributed by atoms with E-state index in [2.05, 4.69) is 112 Å². The minimum atomic E-state index is -1.08. The van der Waals surface area contributed by atoms with Crippen molar-refractivity contribution in [1.29, 1.82) is 0 Å². The molecular formula is C95H108Br4ClF2N13O17. The van der Waals surface area contributed by atoms with Gasteiger partial charge in [-0.05, 0) is 183 Å². The van der Waals surface area contributed by atoms with E-state index in [9.17, 15) is 51.9 Å². The van der Waals surface area contributed by atoms with Gasteiger partial charge in [0.1, 0.15) is 46.4 Å². The molecule has 30 nitrogen and oxygen atoms in total. The second-order valence-electron chi connectivity index (χ2n) is 32.5. The summed E-state index contributed by atoms with van der Waals surface area (Å²) >= 11 is 13.5. The lowest BCUT2D eigenvalue weighted by Crippen LogP contribution is -2.55. The molecule has 5 saturated heterocycles. The van der Waals surface area contributed by atoms with Crippen LogP contribution in [0.25, 0.3) is 32.7 Å². The van der Waals surface area contributed by atoms with Crippen LogP contribution >= 0.6 is 76.1 Å². The summed E-state index contributed by atoms with van der Waals surface area (Å²) in [6.07, 6.45) is 4.64. The van der Waals surface area contributed by atoms with Gasteiger partial charge < -0.3 is 54.6 Å². The Bertz CT molecular complexity index is 6090. The normalized spacial score (nSPS) is 17.3. The van der Waals surface area contributed by atoms with Gasteiger partial charge in [-0.25, -0.2) is 38.1 Å². The number of rotatable bonds is 10. The summed E-state index contributed by atoms with van der Waals surface area (Å²) in [6, 6.07) is 37.0. The summed E-state index contributed by atoms with van der Waals surface area (Å²) < 4.78 is 71.3. The van der Waals surface area contributed by atoms with E-state index in [-0.39, 0.29) is 96.7 Å². The predicted molar refractivity (Wildman–Crippen MR) is 518 cm³/mol. The van der Waals surface area contributed by atoms with Gasteiger partial charge in [-0.1, -0.05) is 107 Å². The van der Waals surface area contributed by atoms with Crippen LogP contribution in [0, 0.1) is 35.8 Å². The lowest BCUT2D eigenvalue weighted by Gasteiger charge is -2.35. The maximum absolute atomic E-state index is 13.3. The number of ether oxygens (including phenoxy) is 7. The number of likely N-dealkylation sites (N-methyl/N-ethyl adjacent to an activating group) is 2. The number of halogens is 7. The molecule has 15 rings (SSSR count). The van der Waals surface area contributed by atoms with Crippen molar-refractivity contribution in [3.63, 3.8) is 0 Å². The Kier molecular flexibility index (Phi) is 40.4. The molecule has 5 aliphatic rings. The second kappa shape index (κ2) is 50.0. The minimum Gasteiger partial charge on any atom is -0.480 e. The molecule has 0 spiro atoms. The molecule has 5 N–H and O–H groups in total. The molecule has 37 heteroatoms. The fourth-order valence-corrected chi connectivity index (χ4v) is 15.1. The zero-order valence-electron chi connectivity index (χ0n) is 75.5. The number of nitrogens with two attached hydrogens (primary N) is 1. The van der Waals surface area contributed by atoms with Crippen molar-refractivity contribution in [2.45, 2.75) is 110 Å². The Labute approximate surface area is 803 Å². The maximum Gasteiger partial charge on any atom is 0.411 e. The third kappa shape index (κ3) is 30.2. The fraction of sp³-hybridized carbons (Fsp3) is 0.389. The molecule has 0 radical (unpaired) electrons. The van der Waals surface area contributed by atoms with E-state index in [4.69, 9.17) is 55.4 Å². The van der Waals surface area contributed by atoms with Gasteiger partial charge in [-0.2, -0.15) is 0 Å². The highest BCUT2D eigenvalue weighted by Gasteiger charge is 2.38. The highest BCUT2D eigenvalue weighted by molar-refractivity contribution is 9.11. The molecule has 132 heavy (non-hydrogen) atoms. The summed E-state index contributed by atoms with van der Waals surface area (Å²) in [5, 5.41) is 16.8. The molecule has 0 bridgehead atoms. The number of aliphatic carboxylic acids is 1. The average Bonchev–Trinajstić information content (AvgIpc) is 0.769. The molecule has 5 aliphatic heterocycles. The number of carbonyl (C=O) groups is 6. The third-order valence-corrected chi connectivity index (χ3v) is 22.6. The minimum absolute atomic E-state index is 0. The number of fused-ring (bicyclic) bond motifs is 3. The molecule has 5 fully saturated rings. The number of nitrogens with one attached hydrogen (secondary N) is 2. The Balaban J connectivity index is 0.000000194. The molecule has 8 heterocycles. The molecule has 3 aromatic heterocycles. The number of Topliss-reactive ketones (excluding diaryl/α,β-unsaturated/α-hetero) is 2. The summed E-state index contributed by atoms with van der Waals surface area (Å²) in [6.45, 7) is 21.5.